The van der Waals surface area contributed by atoms with Crippen molar-refractivity contribution in [3.05, 3.63) is 45.2 Å². The summed E-state index contributed by atoms with van der Waals surface area (Å²) in [7, 11) is 1.88. The van der Waals surface area contributed by atoms with Crippen molar-refractivity contribution in [3.63, 3.8) is 0 Å². The van der Waals surface area contributed by atoms with E-state index in [0.29, 0.717) is 27.3 Å². The maximum Gasteiger partial charge on any atom is 0.0723 e. The van der Waals surface area contributed by atoms with Crippen molar-refractivity contribution in [2.75, 3.05) is 5.32 Å². The summed E-state index contributed by atoms with van der Waals surface area (Å²) in [5.74, 6) is 0. The number of nitrogens with zero attached hydrogens (tertiary/aromatic N) is 2. The number of anilines is 1. The Kier molecular flexibility index (Phi) is 3.82. The molecule has 1 heterocycles. The molecule has 1 N–H and O–H groups in total. The van der Waals surface area contributed by atoms with E-state index in [-0.39, 0.29) is 0 Å². The van der Waals surface area contributed by atoms with E-state index in [1.54, 1.807) is 23.0 Å². The van der Waals surface area contributed by atoms with Gasteiger partial charge in [0.05, 0.1) is 28.0 Å². The molecule has 0 aliphatic carbocycles. The molecule has 0 amide bonds. The summed E-state index contributed by atoms with van der Waals surface area (Å²) in [6.45, 7) is 0.595. The van der Waals surface area contributed by atoms with Gasteiger partial charge in [-0.2, -0.15) is 5.10 Å². The lowest BCUT2D eigenvalue weighted by Gasteiger charge is -2.11. The third-order valence-corrected chi connectivity index (χ3v) is 3.19. The van der Waals surface area contributed by atoms with Crippen molar-refractivity contribution >= 4 is 40.5 Å². The van der Waals surface area contributed by atoms with Crippen LogP contribution in [0.3, 0.4) is 0 Å². The predicted octanol–water partition coefficient (Wildman–Crippen LogP) is 3.99. The van der Waals surface area contributed by atoms with Crippen molar-refractivity contribution in [3.8, 4) is 0 Å². The molecule has 17 heavy (non-hydrogen) atoms. The number of benzene rings is 1. The van der Waals surface area contributed by atoms with Crippen LogP contribution in [0.25, 0.3) is 0 Å². The third-order valence-electron chi connectivity index (χ3n) is 2.38. The highest BCUT2D eigenvalue weighted by Crippen LogP contribution is 2.33. The fourth-order valence-corrected chi connectivity index (χ4v) is 2.42. The van der Waals surface area contributed by atoms with E-state index in [9.17, 15) is 0 Å². The molecule has 0 atom stereocenters. The molecule has 6 heteroatoms. The monoisotopic (exact) mass is 289 g/mol. The Balaban J connectivity index is 2.17. The number of hydrogen-bond acceptors (Lipinski definition) is 2. The zero-order valence-corrected chi connectivity index (χ0v) is 11.3. The zero-order valence-electron chi connectivity index (χ0n) is 9.04. The predicted molar refractivity (Wildman–Crippen MR) is 72.0 cm³/mol. The van der Waals surface area contributed by atoms with E-state index in [4.69, 9.17) is 34.8 Å². The summed E-state index contributed by atoms with van der Waals surface area (Å²) >= 11 is 18.0. The van der Waals surface area contributed by atoms with Gasteiger partial charge in [-0.15, -0.1) is 0 Å². The Morgan fingerprint density at radius 1 is 1.24 bits per heavy atom. The quantitative estimate of drug-likeness (QED) is 0.926. The smallest absolute Gasteiger partial charge is 0.0723 e. The SMILES string of the molecule is Cn1nccc1CNc1c(Cl)cc(Cl)cc1Cl. The van der Waals surface area contributed by atoms with Crippen molar-refractivity contribution in [2.45, 2.75) is 6.54 Å². The lowest BCUT2D eigenvalue weighted by molar-refractivity contribution is 0.720. The highest BCUT2D eigenvalue weighted by molar-refractivity contribution is 6.41. The second-order valence-corrected chi connectivity index (χ2v) is 4.79. The number of rotatable bonds is 3. The van der Waals surface area contributed by atoms with E-state index < -0.39 is 0 Å². The van der Waals surface area contributed by atoms with Crippen molar-refractivity contribution in [1.29, 1.82) is 0 Å². The number of aromatic nitrogens is 2. The molecule has 0 saturated carbocycles. The van der Waals surface area contributed by atoms with Gasteiger partial charge in [0, 0.05) is 18.3 Å². The van der Waals surface area contributed by atoms with E-state index in [1.165, 1.54) is 0 Å². The van der Waals surface area contributed by atoms with Crippen LogP contribution < -0.4 is 5.32 Å². The number of halogens is 3. The second kappa shape index (κ2) is 5.17. The molecule has 2 rings (SSSR count). The van der Waals surface area contributed by atoms with Gasteiger partial charge in [-0.05, 0) is 18.2 Å². The number of hydrogen-bond donors (Lipinski definition) is 1. The second-order valence-electron chi connectivity index (χ2n) is 3.54. The average molecular weight is 291 g/mol. The summed E-state index contributed by atoms with van der Waals surface area (Å²) in [5, 5.41) is 8.77. The zero-order chi connectivity index (χ0) is 12.4. The highest BCUT2D eigenvalue weighted by Gasteiger charge is 2.08. The maximum atomic E-state index is 6.06. The van der Waals surface area contributed by atoms with E-state index in [0.717, 1.165) is 5.69 Å². The van der Waals surface area contributed by atoms with E-state index in [1.807, 2.05) is 13.1 Å². The fraction of sp³-hybridized carbons (Fsp3) is 0.182. The molecule has 0 saturated heterocycles. The van der Waals surface area contributed by atoms with Gasteiger partial charge in [-0.1, -0.05) is 34.8 Å². The molecule has 0 unspecified atom stereocenters. The van der Waals surface area contributed by atoms with Crippen LogP contribution >= 0.6 is 34.8 Å². The van der Waals surface area contributed by atoms with Gasteiger partial charge >= 0.3 is 0 Å². The average Bonchev–Trinajstić information content (AvgIpc) is 2.62. The molecule has 0 spiro atoms. The van der Waals surface area contributed by atoms with Crippen LogP contribution in [0.5, 0.6) is 0 Å². The molecular formula is C11H10Cl3N3. The first-order valence-electron chi connectivity index (χ1n) is 4.93. The first-order chi connectivity index (χ1) is 8.08. The molecule has 0 aliphatic heterocycles. The topological polar surface area (TPSA) is 29.9 Å². The van der Waals surface area contributed by atoms with Gasteiger partial charge in [0.2, 0.25) is 0 Å². The molecule has 2 aromatic rings. The van der Waals surface area contributed by atoms with Crippen molar-refractivity contribution in [1.82, 2.24) is 9.78 Å². The first kappa shape index (κ1) is 12.6. The van der Waals surface area contributed by atoms with Crippen LogP contribution in [0.2, 0.25) is 15.1 Å². The Hall–Kier alpha value is -0.900. The van der Waals surface area contributed by atoms with Crippen LogP contribution in [-0.4, -0.2) is 9.78 Å². The first-order valence-corrected chi connectivity index (χ1v) is 6.06. The van der Waals surface area contributed by atoms with Crippen LogP contribution in [0.1, 0.15) is 5.69 Å². The van der Waals surface area contributed by atoms with Crippen molar-refractivity contribution < 1.29 is 0 Å². The van der Waals surface area contributed by atoms with Crippen LogP contribution in [-0.2, 0) is 13.6 Å². The summed E-state index contributed by atoms with van der Waals surface area (Å²) < 4.78 is 1.78. The lowest BCUT2D eigenvalue weighted by Crippen LogP contribution is -2.06. The third kappa shape index (κ3) is 2.86. The molecule has 1 aromatic carbocycles. The van der Waals surface area contributed by atoms with Crippen LogP contribution in [0.15, 0.2) is 24.4 Å². The molecule has 90 valence electrons. The number of aryl methyl sites for hydroxylation is 1. The normalized spacial score (nSPS) is 10.6. The Morgan fingerprint density at radius 3 is 2.41 bits per heavy atom. The highest BCUT2D eigenvalue weighted by atomic mass is 35.5. The molecular weight excluding hydrogens is 281 g/mol. The van der Waals surface area contributed by atoms with Crippen LogP contribution in [0, 0.1) is 0 Å². The van der Waals surface area contributed by atoms with Gasteiger partial charge < -0.3 is 5.32 Å². The van der Waals surface area contributed by atoms with Gasteiger partial charge in [0.1, 0.15) is 0 Å². The van der Waals surface area contributed by atoms with Gasteiger partial charge in [0.15, 0.2) is 0 Å². The molecule has 0 bridgehead atoms. The minimum atomic E-state index is 0.504. The summed E-state index contributed by atoms with van der Waals surface area (Å²) in [4.78, 5) is 0. The minimum Gasteiger partial charge on any atom is -0.377 e. The summed E-state index contributed by atoms with van der Waals surface area (Å²) in [6, 6.07) is 5.23. The molecule has 3 nitrogen and oxygen atoms in total. The van der Waals surface area contributed by atoms with Crippen molar-refractivity contribution in [2.24, 2.45) is 7.05 Å². The summed E-state index contributed by atoms with van der Waals surface area (Å²) in [6.07, 6.45) is 1.74. The molecule has 1 aromatic heterocycles. The van der Waals surface area contributed by atoms with Gasteiger partial charge in [-0.3, -0.25) is 4.68 Å². The summed E-state index contributed by atoms with van der Waals surface area (Å²) in [5.41, 5.74) is 1.71. The Morgan fingerprint density at radius 2 is 1.88 bits per heavy atom. The molecule has 0 aliphatic rings. The van der Waals surface area contributed by atoms with E-state index in [2.05, 4.69) is 10.4 Å². The van der Waals surface area contributed by atoms with Crippen LogP contribution in [0.4, 0.5) is 5.69 Å². The van der Waals surface area contributed by atoms with Gasteiger partial charge in [0.25, 0.3) is 0 Å². The largest absolute Gasteiger partial charge is 0.377 e. The van der Waals surface area contributed by atoms with Gasteiger partial charge in [-0.25, -0.2) is 0 Å². The molecule has 0 fully saturated rings. The lowest BCUT2D eigenvalue weighted by atomic mass is 10.3. The molecule has 0 radical (unpaired) electrons. The fourth-order valence-electron chi connectivity index (χ4n) is 1.46. The Bertz CT molecular complexity index is 514. The number of nitrogens with one attached hydrogen (secondary N) is 1. The minimum absolute atomic E-state index is 0.504. The van der Waals surface area contributed by atoms with E-state index >= 15 is 0 Å². The Labute approximate surface area is 114 Å². The maximum absolute atomic E-state index is 6.06. The standard InChI is InChI=1S/C11H10Cl3N3/c1-17-8(2-3-16-17)6-15-11-9(13)4-7(12)5-10(11)14/h2-5,15H,6H2,1H3.